The summed E-state index contributed by atoms with van der Waals surface area (Å²) in [6, 6.07) is 0. The fourth-order valence-electron chi connectivity index (χ4n) is 7.62. The Balaban J connectivity index is 1.62. The maximum absolute atomic E-state index is 11.0. The van der Waals surface area contributed by atoms with Gasteiger partial charge in [0.1, 0.15) is 5.60 Å². The van der Waals surface area contributed by atoms with Crippen LogP contribution in [0.4, 0.5) is 0 Å². The lowest BCUT2D eigenvalue weighted by molar-refractivity contribution is -0.159. The molecule has 4 saturated carbocycles. The Kier molecular flexibility index (Phi) is 3.54. The Bertz CT molecular complexity index is 575. The molecule has 134 valence electrons. The number of fused-ring (bicyclic) bond motifs is 5. The first-order valence-electron chi connectivity index (χ1n) is 10.1. The van der Waals surface area contributed by atoms with E-state index in [1.54, 1.807) is 0 Å². The highest BCUT2D eigenvalue weighted by atomic mass is 16.3. The summed E-state index contributed by atoms with van der Waals surface area (Å²) < 4.78 is 0. The van der Waals surface area contributed by atoms with Gasteiger partial charge in [-0.2, -0.15) is 0 Å². The van der Waals surface area contributed by atoms with Gasteiger partial charge in [-0.1, -0.05) is 19.8 Å². The number of terminal acetylenes is 1. The van der Waals surface area contributed by atoms with Crippen LogP contribution in [0.2, 0.25) is 0 Å². The minimum absolute atomic E-state index is 0.103. The molecular weight excluding hydrogens is 296 g/mol. The van der Waals surface area contributed by atoms with Gasteiger partial charge >= 0.3 is 0 Å². The van der Waals surface area contributed by atoms with Gasteiger partial charge in [-0.15, -0.1) is 6.42 Å². The predicted molar refractivity (Wildman–Crippen MR) is 96.1 cm³/mol. The number of hydrogen-bond acceptors (Lipinski definition) is 2. The Morgan fingerprint density at radius 1 is 0.875 bits per heavy atom. The van der Waals surface area contributed by atoms with Crippen LogP contribution in [0.5, 0.6) is 0 Å². The quantitative estimate of drug-likeness (QED) is 0.655. The molecule has 2 N–H and O–H groups in total. The van der Waals surface area contributed by atoms with E-state index in [9.17, 15) is 10.2 Å². The van der Waals surface area contributed by atoms with Crippen LogP contribution in [0, 0.1) is 46.8 Å². The Morgan fingerprint density at radius 3 is 2.29 bits per heavy atom. The van der Waals surface area contributed by atoms with Gasteiger partial charge in [-0.25, -0.2) is 0 Å². The van der Waals surface area contributed by atoms with Crippen LogP contribution >= 0.6 is 0 Å². The first-order valence-corrected chi connectivity index (χ1v) is 10.1. The molecule has 4 fully saturated rings. The summed E-state index contributed by atoms with van der Waals surface area (Å²) in [4.78, 5) is 0. The number of aliphatic hydroxyl groups is 2. The molecule has 0 aromatic heterocycles. The first-order chi connectivity index (χ1) is 11.2. The lowest BCUT2D eigenvalue weighted by atomic mass is 9.43. The van der Waals surface area contributed by atoms with Gasteiger partial charge in [0.2, 0.25) is 0 Å². The molecule has 0 heterocycles. The van der Waals surface area contributed by atoms with E-state index >= 15 is 0 Å². The zero-order chi connectivity index (χ0) is 17.4. The topological polar surface area (TPSA) is 40.5 Å². The molecule has 0 aromatic carbocycles. The fourth-order valence-corrected chi connectivity index (χ4v) is 7.62. The van der Waals surface area contributed by atoms with Crippen molar-refractivity contribution >= 4 is 0 Å². The van der Waals surface area contributed by atoms with Crippen molar-refractivity contribution < 1.29 is 10.2 Å². The minimum Gasteiger partial charge on any atom is -0.390 e. The zero-order valence-corrected chi connectivity index (χ0v) is 15.6. The molecule has 2 heteroatoms. The molecule has 0 spiro atoms. The van der Waals surface area contributed by atoms with Crippen LogP contribution in [0.1, 0.15) is 78.6 Å². The zero-order valence-electron chi connectivity index (χ0n) is 15.6. The molecule has 0 bridgehead atoms. The second-order valence-electron chi connectivity index (χ2n) is 10.3. The molecule has 0 saturated heterocycles. The van der Waals surface area contributed by atoms with Gasteiger partial charge < -0.3 is 10.2 Å². The summed E-state index contributed by atoms with van der Waals surface area (Å²) in [7, 11) is 0. The third-order valence-electron chi connectivity index (χ3n) is 9.56. The number of hydrogen-bond donors (Lipinski definition) is 2. The smallest absolute Gasteiger partial charge is 0.125 e. The van der Waals surface area contributed by atoms with Crippen molar-refractivity contribution in [3.63, 3.8) is 0 Å². The van der Waals surface area contributed by atoms with Crippen molar-refractivity contribution in [2.45, 2.75) is 89.8 Å². The molecule has 8 atom stereocenters. The number of rotatable bonds is 0. The molecule has 2 nitrogen and oxygen atoms in total. The monoisotopic (exact) mass is 330 g/mol. The van der Waals surface area contributed by atoms with Crippen LogP contribution in [-0.4, -0.2) is 21.4 Å². The third kappa shape index (κ3) is 2.04. The van der Waals surface area contributed by atoms with E-state index in [1.165, 1.54) is 25.7 Å². The standard InChI is InChI=1S/C22H34O2/c1-5-22(24)13-12-19(2)15(14-22)6-7-16-17(19)8-10-20(3)18(16)9-11-21(20,4)23/h1,15-18,23-24H,6-14H2,2-4H3/t15-,16+,17-,18+,19-,20+,21+,22-/m0/s1. The normalized spacial score (nSPS) is 59.8. The molecule has 4 aliphatic carbocycles. The van der Waals surface area contributed by atoms with E-state index in [0.717, 1.165) is 43.9 Å². The van der Waals surface area contributed by atoms with Crippen molar-refractivity contribution in [1.29, 1.82) is 0 Å². The predicted octanol–water partition coefficient (Wildman–Crippen LogP) is 4.14. The third-order valence-corrected chi connectivity index (χ3v) is 9.56. The van der Waals surface area contributed by atoms with Crippen molar-refractivity contribution in [2.75, 3.05) is 0 Å². The summed E-state index contributed by atoms with van der Waals surface area (Å²) in [5, 5.41) is 21.6. The second kappa shape index (κ2) is 5.01. The van der Waals surface area contributed by atoms with E-state index < -0.39 is 11.2 Å². The van der Waals surface area contributed by atoms with E-state index in [0.29, 0.717) is 17.3 Å². The van der Waals surface area contributed by atoms with Gasteiger partial charge in [-0.05, 0) is 99.2 Å². The van der Waals surface area contributed by atoms with E-state index in [2.05, 4.69) is 26.7 Å². The summed E-state index contributed by atoms with van der Waals surface area (Å²) in [5.74, 6) is 5.44. The highest BCUT2D eigenvalue weighted by molar-refractivity contribution is 5.17. The molecule has 4 aliphatic rings. The van der Waals surface area contributed by atoms with Gasteiger partial charge in [0.05, 0.1) is 5.60 Å². The Hall–Kier alpha value is -0.520. The van der Waals surface area contributed by atoms with Crippen molar-refractivity contribution in [3.8, 4) is 12.3 Å². The lowest BCUT2D eigenvalue weighted by Gasteiger charge is -2.62. The highest BCUT2D eigenvalue weighted by Crippen LogP contribution is 2.68. The van der Waals surface area contributed by atoms with Crippen LogP contribution < -0.4 is 0 Å². The molecule has 0 unspecified atom stereocenters. The van der Waals surface area contributed by atoms with Crippen molar-refractivity contribution in [2.24, 2.45) is 34.5 Å². The summed E-state index contributed by atoms with van der Waals surface area (Å²) in [6.45, 7) is 6.92. The fraction of sp³-hybridized carbons (Fsp3) is 0.909. The minimum atomic E-state index is -0.864. The SMILES string of the molecule is C#C[C@]1(O)CC[C@@]2(C)[C@@H](CC[C@H]3[C@H]4CC[C@@](C)(O)[C@]4(C)CC[C@@H]32)C1. The van der Waals surface area contributed by atoms with Crippen molar-refractivity contribution in [1.82, 2.24) is 0 Å². The van der Waals surface area contributed by atoms with E-state index in [4.69, 9.17) is 6.42 Å². The van der Waals surface area contributed by atoms with Gasteiger partial charge in [-0.3, -0.25) is 0 Å². The highest BCUT2D eigenvalue weighted by Gasteiger charge is 2.63. The lowest BCUT2D eigenvalue weighted by Crippen LogP contribution is -2.57. The Morgan fingerprint density at radius 2 is 1.58 bits per heavy atom. The molecule has 0 aromatic rings. The first kappa shape index (κ1) is 16.9. The molecule has 0 aliphatic heterocycles. The molecule has 0 amide bonds. The largest absolute Gasteiger partial charge is 0.390 e. The van der Waals surface area contributed by atoms with Gasteiger partial charge in [0.15, 0.2) is 0 Å². The van der Waals surface area contributed by atoms with Crippen molar-refractivity contribution in [3.05, 3.63) is 0 Å². The average molecular weight is 331 g/mol. The molecule has 0 radical (unpaired) electrons. The van der Waals surface area contributed by atoms with Crippen LogP contribution in [0.3, 0.4) is 0 Å². The van der Waals surface area contributed by atoms with Crippen LogP contribution in [0.25, 0.3) is 0 Å². The average Bonchev–Trinajstić information content (AvgIpc) is 2.78. The van der Waals surface area contributed by atoms with Crippen LogP contribution in [-0.2, 0) is 0 Å². The maximum atomic E-state index is 11.0. The van der Waals surface area contributed by atoms with Crippen LogP contribution in [0.15, 0.2) is 0 Å². The van der Waals surface area contributed by atoms with Gasteiger partial charge in [0, 0.05) is 0 Å². The Labute approximate surface area is 147 Å². The summed E-state index contributed by atoms with van der Waals surface area (Å²) in [6.07, 6.45) is 15.3. The summed E-state index contributed by atoms with van der Waals surface area (Å²) >= 11 is 0. The molecular formula is C22H34O2. The summed E-state index contributed by atoms with van der Waals surface area (Å²) in [5.41, 5.74) is -0.915. The molecule has 4 rings (SSSR count). The van der Waals surface area contributed by atoms with E-state index in [-0.39, 0.29) is 5.41 Å². The second-order valence-corrected chi connectivity index (χ2v) is 10.3. The molecule has 24 heavy (non-hydrogen) atoms. The van der Waals surface area contributed by atoms with Gasteiger partial charge in [0.25, 0.3) is 0 Å². The maximum Gasteiger partial charge on any atom is 0.125 e. The van der Waals surface area contributed by atoms with E-state index in [1.807, 2.05) is 0 Å².